The number of phenols is 4. The van der Waals surface area contributed by atoms with E-state index < -0.39 is 53.8 Å². The predicted molar refractivity (Wildman–Crippen MR) is 579 cm³/mol. The van der Waals surface area contributed by atoms with Crippen LogP contribution in [-0.2, 0) is 105 Å². The molecule has 0 amide bonds. The van der Waals surface area contributed by atoms with E-state index in [1.165, 1.54) is 144 Å². The van der Waals surface area contributed by atoms with Crippen molar-refractivity contribution in [3.05, 3.63) is 284 Å². The molecule has 2 aromatic heterocycles. The van der Waals surface area contributed by atoms with Gasteiger partial charge in [-0.25, -0.2) is 0 Å². The molecular weight excluding hydrogens is 2660 g/mol. The molecule has 4 N–H and O–H groups in total. The Labute approximate surface area is 893 Å². The number of rotatable bonds is 7. The van der Waals surface area contributed by atoms with Gasteiger partial charge in [-0.15, -0.1) is 0 Å². The van der Waals surface area contributed by atoms with Crippen LogP contribution >= 0.6 is 174 Å². The van der Waals surface area contributed by atoms with Crippen LogP contribution in [0.15, 0.2) is 174 Å². The fourth-order valence-corrected chi connectivity index (χ4v) is 27.9. The van der Waals surface area contributed by atoms with E-state index in [-0.39, 0.29) is 27.7 Å². The van der Waals surface area contributed by atoms with E-state index in [0.717, 1.165) is 135 Å². The summed E-state index contributed by atoms with van der Waals surface area (Å²) in [7, 11) is 0. The van der Waals surface area contributed by atoms with Crippen LogP contribution in [0.25, 0.3) is 22.3 Å². The van der Waals surface area contributed by atoms with Crippen molar-refractivity contribution in [2.24, 2.45) is 26.7 Å². The maximum atomic E-state index is 11.0. The zero-order chi connectivity index (χ0) is 97.3. The molecule has 15 rings (SSSR count). The van der Waals surface area contributed by atoms with E-state index in [1.807, 2.05) is 126 Å². The van der Waals surface area contributed by atoms with Gasteiger partial charge >= 0.3 is 345 Å². The monoisotopic (exact) mass is 2780 g/mol. The second-order valence-corrected chi connectivity index (χ2v) is 51.7. The summed E-state index contributed by atoms with van der Waals surface area (Å²) in [5, 5.41) is 43.0. The van der Waals surface area contributed by atoms with Gasteiger partial charge in [0.05, 0.1) is 26.8 Å². The van der Waals surface area contributed by atoms with Gasteiger partial charge in [-0.05, 0) is 352 Å². The van der Waals surface area contributed by atoms with Crippen molar-refractivity contribution in [1.29, 1.82) is 0 Å². The van der Waals surface area contributed by atoms with Crippen molar-refractivity contribution in [3.63, 3.8) is 0 Å². The quantitative estimate of drug-likeness (QED) is 0.117. The average molecular weight is 2790 g/mol. The van der Waals surface area contributed by atoms with Crippen molar-refractivity contribution in [3.8, 4) is 45.3 Å². The third-order valence-electron chi connectivity index (χ3n) is 21.4. The minimum Gasteiger partial charge on any atom is -0.665 e. The molecule has 0 fully saturated rings. The molecule has 0 spiro atoms. The van der Waals surface area contributed by atoms with Crippen LogP contribution in [0.2, 0.25) is 20.1 Å². The number of phenolic OH excluding ortho intramolecular Hbond substituents is 4. The van der Waals surface area contributed by atoms with Crippen molar-refractivity contribution in [2.75, 3.05) is 0 Å². The van der Waals surface area contributed by atoms with E-state index in [1.54, 1.807) is 0 Å². The molecule has 24 heteroatoms. The normalized spacial score (nSPS) is 12.8. The number of hydrogen-bond acceptors (Lipinski definition) is 7. The van der Waals surface area contributed by atoms with Crippen molar-refractivity contribution >= 4 is 204 Å². The van der Waals surface area contributed by atoms with Crippen LogP contribution < -0.4 is 9.97 Å². The Morgan fingerprint density at radius 1 is 0.344 bits per heavy atom. The Balaban J connectivity index is 0.000000207. The number of nitrogens with zero attached hydrogens (tertiary/aromatic N) is 5. The van der Waals surface area contributed by atoms with Gasteiger partial charge in [0.2, 0.25) is 0 Å². The largest absolute Gasteiger partial charge is 0.665 e. The molecule has 0 radical (unpaired) electrons. The number of aromatic nitrogens is 2. The second kappa shape index (κ2) is 54.6. The fraction of sp³-hybridized carbons (Fsp3) is 0.393. The Morgan fingerprint density at radius 3 is 0.863 bits per heavy atom. The van der Waals surface area contributed by atoms with Crippen LogP contribution in [0.3, 0.4) is 0 Å². The average Bonchev–Trinajstić information content (AvgIpc) is 1.12. The fourth-order valence-electron chi connectivity index (χ4n) is 14.9. The molecule has 131 heavy (non-hydrogen) atoms. The molecule has 0 unspecified atom stereocenters. The zero-order valence-electron chi connectivity index (χ0n) is 79.1. The van der Waals surface area contributed by atoms with Crippen LogP contribution in [0.5, 0.6) is 23.0 Å². The third-order valence-corrected chi connectivity index (χ3v) is 38.5. The number of aryl methyl sites for hydroxylation is 10. The summed E-state index contributed by atoms with van der Waals surface area (Å²) in [5.74, 6) is 2.43. The van der Waals surface area contributed by atoms with Gasteiger partial charge in [0, 0.05) is 20.1 Å². The molecule has 0 aliphatic heterocycles. The van der Waals surface area contributed by atoms with Crippen LogP contribution in [0.4, 0.5) is 17.1 Å². The Bertz CT molecular complexity index is 5410. The second-order valence-electron chi connectivity index (χ2n) is 37.1. The molecule has 0 bridgehead atoms. The summed E-state index contributed by atoms with van der Waals surface area (Å²) in [6.45, 7) is 45.1. The Hall–Kier alpha value is -3.19. The van der Waals surface area contributed by atoms with Crippen LogP contribution in [0.1, 0.15) is 254 Å². The summed E-state index contributed by atoms with van der Waals surface area (Å²) in [6.07, 6.45) is 18.9. The summed E-state index contributed by atoms with van der Waals surface area (Å²) in [6, 6.07) is 42.0. The Morgan fingerprint density at radius 2 is 0.603 bits per heavy atom. The van der Waals surface area contributed by atoms with E-state index in [0.29, 0.717) is 43.4 Å². The number of fused-ring (bicyclic) bond motifs is 4. The summed E-state index contributed by atoms with van der Waals surface area (Å²) in [4.78, 5) is 8.22. The number of halogens is 12. The van der Waals surface area contributed by atoms with E-state index >= 15 is 0 Å². The maximum Gasteiger partial charge on any atom is 0.143 e. The molecule has 2 heterocycles. The Kier molecular flexibility index (Phi) is 47.8. The zero-order valence-corrected chi connectivity index (χ0v) is 103. The standard InChI is InChI=1S/2C21H22Br2O.C12H17N.2C7H6Br2O.2C6H3Cl2N.2C6H8N.3C5H10.Mo.2W/c2*1-12-17(22)10-13-6-2-4-8-15(13)19(12)20-16-9-5-3-7-14(16)11-18(23)21(20)24;1-8(2)10-6-5-7-11(9(3)4)12(10)13;2*1-4-2-5(8)7(10)6(9)3-4;2*7-4-2-1-3-5(8)6(4)9;2*1-5-3-4-6(2)7-5;3*1-5(2,3)4;;;/h2*10-11,24H,2-9H2,1H3;5-9H,1-4H3;2*2-3,10H,1H3;2*1-3H;2*3-4H,1-2H3;3*1H,2-4H3;;;/q;;;;;;;2*-1;;;;;;. The van der Waals surface area contributed by atoms with Gasteiger partial charge in [-0.1, -0.05) is 83.8 Å². The van der Waals surface area contributed by atoms with Crippen molar-refractivity contribution in [2.45, 2.75) is 260 Å². The van der Waals surface area contributed by atoms with Gasteiger partial charge in [-0.2, -0.15) is 22.8 Å². The van der Waals surface area contributed by atoms with E-state index in [9.17, 15) is 20.4 Å². The van der Waals surface area contributed by atoms with E-state index in [2.05, 4.69) is 304 Å². The molecule has 11 aromatic rings. The van der Waals surface area contributed by atoms with Crippen LogP contribution in [0, 0.1) is 71.6 Å². The minimum atomic E-state index is -0.850. The first-order chi connectivity index (χ1) is 61.5. The minimum absolute atomic E-state index is 0.238. The SMILES string of the molecule is CC(C)(C)[CH]=[W]=[N]c1c(Cl)cccc1Cl.CC(C)(C)[CH]=[W]=[N]c1c(Cl)cccc1Cl.CC(C)c1cccc(C(C)C)c1[N]=[Mo]=[CH]C(C)(C)C.Cc1c(Br)cc2c(c1-c1c(O)c(Br)cc3c1CCCC3)CCCC2.Cc1c(Br)cc2c(c1-c1c(O)c(Br)cc3c1CCCC3)CCCC2.Cc1cc(Br)c(O)c(Br)c1.Cc1cc(Br)c(O)c(Br)c1.Cc1ccc(C)[n-]1.Cc1ccc(C)[n-]1. The summed E-state index contributed by atoms with van der Waals surface area (Å²) >= 11 is 49.5. The summed E-state index contributed by atoms with van der Waals surface area (Å²) in [5.41, 5.74) is 31.7. The molecule has 0 atom stereocenters. The smallest absolute Gasteiger partial charge is 0.143 e. The maximum absolute atomic E-state index is 11.0. The van der Waals surface area contributed by atoms with Gasteiger partial charge in [-0.3, -0.25) is 0 Å². The van der Waals surface area contributed by atoms with Gasteiger partial charge in [0.25, 0.3) is 0 Å². The van der Waals surface area contributed by atoms with Crippen molar-refractivity contribution in [1.82, 2.24) is 9.97 Å². The molecule has 0 saturated carbocycles. The van der Waals surface area contributed by atoms with Gasteiger partial charge in [0.1, 0.15) is 23.0 Å². The molecule has 9 aromatic carbocycles. The number of hydrogen-bond donors (Lipinski definition) is 4. The summed E-state index contributed by atoms with van der Waals surface area (Å²) < 4.78 is 28.0. The molecular formula is C107H125Br8Cl4MoN5O4W2-2. The van der Waals surface area contributed by atoms with Crippen molar-refractivity contribution < 1.29 is 74.2 Å². The molecule has 706 valence electrons. The first-order valence-corrected chi connectivity index (χ1v) is 60.2. The molecule has 9 nitrogen and oxygen atoms in total. The van der Waals surface area contributed by atoms with Gasteiger partial charge in [0.15, 0.2) is 0 Å². The molecule has 0 saturated heterocycles. The molecule has 4 aliphatic carbocycles. The third kappa shape index (κ3) is 36.1. The van der Waals surface area contributed by atoms with Gasteiger partial charge < -0.3 is 30.4 Å². The number of aromatic hydroxyl groups is 4. The first kappa shape index (κ1) is 115. The van der Waals surface area contributed by atoms with Crippen LogP contribution in [-0.4, -0.2) is 33.6 Å². The predicted octanol–water partition coefficient (Wildman–Crippen LogP) is 37.4. The first-order valence-electron chi connectivity index (χ1n) is 44.2. The number of benzene rings is 9. The topological polar surface area (TPSA) is 146 Å². The van der Waals surface area contributed by atoms with E-state index in [4.69, 9.17) is 49.9 Å². The molecule has 4 aliphatic rings.